The largest absolute Gasteiger partial charge is 0.370 e. The molecule has 0 unspecified atom stereocenters. The van der Waals surface area contributed by atoms with Gasteiger partial charge in [0.15, 0.2) is 0 Å². The van der Waals surface area contributed by atoms with Gasteiger partial charge in [0.25, 0.3) is 0 Å². The van der Waals surface area contributed by atoms with Crippen LogP contribution in [0.25, 0.3) is 0 Å². The molecule has 4 heteroatoms. The van der Waals surface area contributed by atoms with Crippen LogP contribution in [0.15, 0.2) is 36.7 Å². The van der Waals surface area contributed by atoms with Crippen molar-refractivity contribution in [3.63, 3.8) is 0 Å². The van der Waals surface area contributed by atoms with Gasteiger partial charge in [-0.3, -0.25) is 0 Å². The van der Waals surface area contributed by atoms with Crippen molar-refractivity contribution < 1.29 is 0 Å². The molecule has 106 valence electrons. The Hall–Kier alpha value is -2.10. The fourth-order valence-corrected chi connectivity index (χ4v) is 1.95. The number of benzene rings is 1. The first-order chi connectivity index (χ1) is 9.69. The van der Waals surface area contributed by atoms with E-state index in [1.807, 2.05) is 13.1 Å². The van der Waals surface area contributed by atoms with Gasteiger partial charge in [0, 0.05) is 26.2 Å². The highest BCUT2D eigenvalue weighted by atomic mass is 15.2. The zero-order valence-corrected chi connectivity index (χ0v) is 12.4. The third-order valence-electron chi connectivity index (χ3n) is 3.14. The molecule has 4 nitrogen and oxygen atoms in total. The minimum Gasteiger partial charge on any atom is -0.370 e. The Morgan fingerprint density at radius 3 is 2.60 bits per heavy atom. The number of anilines is 2. The van der Waals surface area contributed by atoms with Gasteiger partial charge >= 0.3 is 0 Å². The third kappa shape index (κ3) is 3.95. The maximum absolute atomic E-state index is 4.34. The molecule has 1 aromatic heterocycles. The average Bonchev–Trinajstić information content (AvgIpc) is 2.48. The van der Waals surface area contributed by atoms with Gasteiger partial charge in [-0.05, 0) is 18.9 Å². The summed E-state index contributed by atoms with van der Waals surface area (Å²) in [6.45, 7) is 6.00. The van der Waals surface area contributed by atoms with Crippen molar-refractivity contribution in [2.24, 2.45) is 0 Å². The van der Waals surface area contributed by atoms with Crippen molar-refractivity contribution in [3.8, 4) is 0 Å². The lowest BCUT2D eigenvalue weighted by atomic mass is 10.1. The van der Waals surface area contributed by atoms with Gasteiger partial charge in [-0.25, -0.2) is 9.97 Å². The van der Waals surface area contributed by atoms with E-state index in [2.05, 4.69) is 58.3 Å². The molecule has 0 fully saturated rings. The number of hydrogen-bond donors (Lipinski definition) is 1. The third-order valence-corrected chi connectivity index (χ3v) is 3.14. The summed E-state index contributed by atoms with van der Waals surface area (Å²) in [5.74, 6) is 1.81. The van der Waals surface area contributed by atoms with Crippen LogP contribution in [0.1, 0.15) is 24.5 Å². The number of aromatic nitrogens is 2. The van der Waals surface area contributed by atoms with E-state index in [4.69, 9.17) is 0 Å². The zero-order valence-electron chi connectivity index (χ0n) is 12.4. The molecule has 2 rings (SSSR count). The molecule has 0 aliphatic rings. The van der Waals surface area contributed by atoms with Crippen LogP contribution in [-0.4, -0.2) is 23.6 Å². The molecule has 1 N–H and O–H groups in total. The average molecular weight is 270 g/mol. The van der Waals surface area contributed by atoms with Gasteiger partial charge in [-0.2, -0.15) is 0 Å². The Morgan fingerprint density at radius 1 is 1.15 bits per heavy atom. The van der Waals surface area contributed by atoms with Crippen LogP contribution in [0.3, 0.4) is 0 Å². The van der Waals surface area contributed by atoms with Crippen molar-refractivity contribution in [3.05, 3.63) is 47.8 Å². The molecule has 0 aliphatic heterocycles. The molecule has 0 atom stereocenters. The van der Waals surface area contributed by atoms with E-state index < -0.39 is 0 Å². The molecule has 0 saturated heterocycles. The topological polar surface area (TPSA) is 41.0 Å². The predicted molar refractivity (Wildman–Crippen MR) is 84.1 cm³/mol. The molecule has 0 spiro atoms. The second-order valence-corrected chi connectivity index (χ2v) is 5.03. The van der Waals surface area contributed by atoms with E-state index in [-0.39, 0.29) is 0 Å². The van der Waals surface area contributed by atoms with Gasteiger partial charge in [-0.1, -0.05) is 36.8 Å². The second kappa shape index (κ2) is 6.89. The molecular weight excluding hydrogens is 248 g/mol. The molecule has 2 aromatic rings. The van der Waals surface area contributed by atoms with Crippen LogP contribution in [0.5, 0.6) is 0 Å². The minimum absolute atomic E-state index is 0.838. The first-order valence-electron chi connectivity index (χ1n) is 7.01. The maximum atomic E-state index is 4.34. The Labute approximate surface area is 120 Å². The molecule has 0 amide bonds. The lowest BCUT2D eigenvalue weighted by Crippen LogP contribution is -2.18. The summed E-state index contributed by atoms with van der Waals surface area (Å²) in [7, 11) is 2.05. The molecule has 0 bridgehead atoms. The van der Waals surface area contributed by atoms with Crippen molar-refractivity contribution in [2.75, 3.05) is 23.8 Å². The highest BCUT2D eigenvalue weighted by Gasteiger charge is 2.05. The van der Waals surface area contributed by atoms with Crippen LogP contribution in [0, 0.1) is 6.92 Å². The van der Waals surface area contributed by atoms with Crippen LogP contribution >= 0.6 is 0 Å². The van der Waals surface area contributed by atoms with Crippen LogP contribution in [-0.2, 0) is 6.54 Å². The summed E-state index contributed by atoms with van der Waals surface area (Å²) in [6.07, 6.45) is 2.69. The first kappa shape index (κ1) is 14.3. The van der Waals surface area contributed by atoms with E-state index in [1.54, 1.807) is 6.33 Å². The first-order valence-corrected chi connectivity index (χ1v) is 7.01. The summed E-state index contributed by atoms with van der Waals surface area (Å²) in [6, 6.07) is 10.6. The molecular formula is C16H22N4. The van der Waals surface area contributed by atoms with E-state index in [0.29, 0.717) is 0 Å². The van der Waals surface area contributed by atoms with Gasteiger partial charge < -0.3 is 10.2 Å². The molecule has 1 aromatic carbocycles. The fourth-order valence-electron chi connectivity index (χ4n) is 1.95. The highest BCUT2D eigenvalue weighted by Crippen LogP contribution is 2.15. The Kier molecular flexibility index (Phi) is 4.93. The molecule has 0 aliphatic carbocycles. The highest BCUT2D eigenvalue weighted by molar-refractivity contribution is 5.48. The van der Waals surface area contributed by atoms with E-state index in [0.717, 1.165) is 31.1 Å². The molecule has 20 heavy (non-hydrogen) atoms. The van der Waals surface area contributed by atoms with Crippen LogP contribution in [0.4, 0.5) is 11.6 Å². The monoisotopic (exact) mass is 270 g/mol. The van der Waals surface area contributed by atoms with Gasteiger partial charge in [0.2, 0.25) is 0 Å². The van der Waals surface area contributed by atoms with E-state index in [1.165, 1.54) is 11.1 Å². The summed E-state index contributed by atoms with van der Waals surface area (Å²) < 4.78 is 0. The summed E-state index contributed by atoms with van der Waals surface area (Å²) in [5.41, 5.74) is 2.56. The van der Waals surface area contributed by atoms with Gasteiger partial charge in [0.05, 0.1) is 0 Å². The molecule has 0 saturated carbocycles. The number of hydrogen-bond acceptors (Lipinski definition) is 4. The van der Waals surface area contributed by atoms with Crippen molar-refractivity contribution in [1.82, 2.24) is 9.97 Å². The lowest BCUT2D eigenvalue weighted by molar-refractivity contribution is 0.887. The number of nitrogens with zero attached hydrogens (tertiary/aromatic N) is 3. The molecule has 0 radical (unpaired) electrons. The van der Waals surface area contributed by atoms with E-state index in [9.17, 15) is 0 Å². The van der Waals surface area contributed by atoms with Crippen molar-refractivity contribution in [2.45, 2.75) is 26.8 Å². The summed E-state index contributed by atoms with van der Waals surface area (Å²) >= 11 is 0. The SMILES string of the molecule is CCCNc1cc(N(C)Cc2ccc(C)cc2)ncn1. The number of rotatable bonds is 6. The number of nitrogens with one attached hydrogen (secondary N) is 1. The minimum atomic E-state index is 0.838. The van der Waals surface area contributed by atoms with Crippen molar-refractivity contribution in [1.29, 1.82) is 0 Å². The molecule has 1 heterocycles. The van der Waals surface area contributed by atoms with Crippen LogP contribution in [0.2, 0.25) is 0 Å². The maximum Gasteiger partial charge on any atom is 0.134 e. The predicted octanol–water partition coefficient (Wildman–Crippen LogP) is 3.24. The van der Waals surface area contributed by atoms with Gasteiger partial charge in [-0.15, -0.1) is 0 Å². The standard InChI is InChI=1S/C16H22N4/c1-4-9-17-15-10-16(19-12-18-15)20(3)11-14-7-5-13(2)6-8-14/h5-8,10,12H,4,9,11H2,1-3H3,(H,17,18,19). The smallest absolute Gasteiger partial charge is 0.134 e. The van der Waals surface area contributed by atoms with Crippen LogP contribution < -0.4 is 10.2 Å². The lowest BCUT2D eigenvalue weighted by Gasteiger charge is -2.18. The second-order valence-electron chi connectivity index (χ2n) is 5.03. The quantitative estimate of drug-likeness (QED) is 0.875. The summed E-state index contributed by atoms with van der Waals surface area (Å²) in [5, 5.41) is 3.28. The van der Waals surface area contributed by atoms with Crippen molar-refractivity contribution >= 4 is 11.6 Å². The Balaban J connectivity index is 2.04. The van der Waals surface area contributed by atoms with Gasteiger partial charge in [0.1, 0.15) is 18.0 Å². The normalized spacial score (nSPS) is 10.3. The number of aryl methyl sites for hydroxylation is 1. The van der Waals surface area contributed by atoms with E-state index >= 15 is 0 Å². The summed E-state index contributed by atoms with van der Waals surface area (Å²) in [4.78, 5) is 10.7. The fraction of sp³-hybridized carbons (Fsp3) is 0.375. The zero-order chi connectivity index (χ0) is 14.4. The Bertz CT molecular complexity index is 536. The Morgan fingerprint density at radius 2 is 1.90 bits per heavy atom.